The topological polar surface area (TPSA) is 112 Å². The second kappa shape index (κ2) is 6.53. The van der Waals surface area contributed by atoms with E-state index in [9.17, 15) is 13.2 Å². The van der Waals surface area contributed by atoms with Gasteiger partial charge in [0.05, 0.1) is 17.6 Å². The van der Waals surface area contributed by atoms with E-state index in [1.807, 2.05) is 18.7 Å². The van der Waals surface area contributed by atoms with Gasteiger partial charge < -0.3 is 10.6 Å². The Labute approximate surface area is 136 Å². The van der Waals surface area contributed by atoms with Crippen molar-refractivity contribution in [2.75, 3.05) is 30.8 Å². The number of aromatic nitrogens is 2. The van der Waals surface area contributed by atoms with Crippen LogP contribution >= 0.6 is 12.4 Å². The molecule has 0 radical (unpaired) electrons. The third-order valence-electron chi connectivity index (χ3n) is 3.62. The average Bonchev–Trinajstić information content (AvgIpc) is 2.35. The highest BCUT2D eigenvalue weighted by atomic mass is 35.5. The maximum Gasteiger partial charge on any atom is 0.266 e. The zero-order valence-electron chi connectivity index (χ0n) is 12.9. The molecule has 2 heterocycles. The zero-order valence-corrected chi connectivity index (χ0v) is 14.5. The van der Waals surface area contributed by atoms with Crippen molar-refractivity contribution in [1.29, 1.82) is 0 Å². The molecule has 1 fully saturated rings. The van der Waals surface area contributed by atoms with Crippen molar-refractivity contribution in [2.24, 2.45) is 5.73 Å². The lowest BCUT2D eigenvalue weighted by atomic mass is 10.0. The number of nitrogens with zero attached hydrogens (tertiary/aromatic N) is 3. The first-order valence-corrected chi connectivity index (χ1v) is 8.51. The summed E-state index contributed by atoms with van der Waals surface area (Å²) in [6.45, 7) is 5.26. The smallest absolute Gasteiger partial charge is 0.266 e. The number of rotatable bonds is 3. The predicted octanol–water partition coefficient (Wildman–Crippen LogP) is -0.489. The van der Waals surface area contributed by atoms with E-state index in [0.29, 0.717) is 31.0 Å². The highest BCUT2D eigenvalue weighted by Crippen LogP contribution is 2.27. The number of nitrogens with one attached hydrogen (secondary N) is 1. The molecule has 0 saturated carbocycles. The Morgan fingerprint density at radius 3 is 2.55 bits per heavy atom. The van der Waals surface area contributed by atoms with Crippen molar-refractivity contribution in [3.05, 3.63) is 22.1 Å². The maximum absolute atomic E-state index is 11.8. The molecular weight excluding hydrogens is 330 g/mol. The molecule has 1 aromatic rings. The SMILES string of the molecule is CC1(C)CN(c2cc(=O)[nH]nc2CN)CCN1S(C)(=O)=O.Cl. The largest absolute Gasteiger partial charge is 0.367 e. The Bertz CT molecular complexity index is 688. The first-order valence-electron chi connectivity index (χ1n) is 6.66. The van der Waals surface area contributed by atoms with Crippen LogP contribution in [-0.2, 0) is 16.6 Å². The van der Waals surface area contributed by atoms with Crippen LogP contribution in [0.15, 0.2) is 10.9 Å². The van der Waals surface area contributed by atoms with E-state index >= 15 is 0 Å². The minimum absolute atomic E-state index is 0. The second-order valence-electron chi connectivity index (χ2n) is 5.84. The van der Waals surface area contributed by atoms with Gasteiger partial charge in [-0.05, 0) is 13.8 Å². The van der Waals surface area contributed by atoms with Gasteiger partial charge in [0.15, 0.2) is 0 Å². The first-order chi connectivity index (χ1) is 9.65. The van der Waals surface area contributed by atoms with Crippen LogP contribution in [0.25, 0.3) is 0 Å². The highest BCUT2D eigenvalue weighted by molar-refractivity contribution is 7.88. The third kappa shape index (κ3) is 3.78. The van der Waals surface area contributed by atoms with Crippen LogP contribution in [-0.4, -0.2) is 54.3 Å². The minimum Gasteiger partial charge on any atom is -0.367 e. The number of anilines is 1. The van der Waals surface area contributed by atoms with E-state index in [2.05, 4.69) is 10.2 Å². The molecule has 0 atom stereocenters. The number of nitrogens with two attached hydrogens (primary N) is 1. The molecular formula is C12H22ClN5O3S. The summed E-state index contributed by atoms with van der Waals surface area (Å²) in [5.74, 6) is 0. The Morgan fingerprint density at radius 2 is 2.05 bits per heavy atom. The Kier molecular flexibility index (Phi) is 5.61. The highest BCUT2D eigenvalue weighted by Gasteiger charge is 2.39. The van der Waals surface area contributed by atoms with Crippen molar-refractivity contribution in [3.8, 4) is 0 Å². The lowest BCUT2D eigenvalue weighted by molar-refractivity contribution is 0.206. The molecule has 1 aromatic heterocycles. The van der Waals surface area contributed by atoms with Gasteiger partial charge in [-0.3, -0.25) is 4.79 Å². The molecule has 3 N–H and O–H groups in total. The molecule has 2 rings (SSSR count). The molecule has 1 saturated heterocycles. The van der Waals surface area contributed by atoms with Gasteiger partial charge in [0.25, 0.3) is 5.56 Å². The van der Waals surface area contributed by atoms with Crippen molar-refractivity contribution in [1.82, 2.24) is 14.5 Å². The Balaban J connectivity index is 0.00000242. The first kappa shape index (κ1) is 18.9. The number of hydrogen-bond donors (Lipinski definition) is 2. The molecule has 0 amide bonds. The third-order valence-corrected chi connectivity index (χ3v) is 5.10. The monoisotopic (exact) mass is 351 g/mol. The van der Waals surface area contributed by atoms with Crippen molar-refractivity contribution in [3.63, 3.8) is 0 Å². The van der Waals surface area contributed by atoms with Crippen molar-refractivity contribution >= 4 is 28.1 Å². The molecule has 126 valence electrons. The van der Waals surface area contributed by atoms with Crippen LogP contribution in [0, 0.1) is 0 Å². The van der Waals surface area contributed by atoms with Gasteiger partial charge in [0, 0.05) is 37.8 Å². The number of hydrogen-bond acceptors (Lipinski definition) is 6. The van der Waals surface area contributed by atoms with Gasteiger partial charge >= 0.3 is 0 Å². The second-order valence-corrected chi connectivity index (χ2v) is 7.74. The molecule has 1 aliphatic heterocycles. The maximum atomic E-state index is 11.8. The van der Waals surface area contributed by atoms with Gasteiger partial charge in [0.1, 0.15) is 0 Å². The summed E-state index contributed by atoms with van der Waals surface area (Å²) in [5, 5.41) is 6.32. The van der Waals surface area contributed by atoms with Crippen molar-refractivity contribution < 1.29 is 8.42 Å². The Hall–Kier alpha value is -1.16. The summed E-state index contributed by atoms with van der Waals surface area (Å²) in [5.41, 5.74) is 6.05. The van der Waals surface area contributed by atoms with Crippen LogP contribution in [0.1, 0.15) is 19.5 Å². The van der Waals surface area contributed by atoms with Crippen LogP contribution < -0.4 is 16.2 Å². The average molecular weight is 352 g/mol. The van der Waals surface area contributed by atoms with Crippen LogP contribution in [0.5, 0.6) is 0 Å². The molecule has 0 aromatic carbocycles. The van der Waals surface area contributed by atoms with Gasteiger partial charge in [-0.1, -0.05) is 0 Å². The van der Waals surface area contributed by atoms with E-state index in [1.54, 1.807) is 0 Å². The molecule has 0 spiro atoms. The van der Waals surface area contributed by atoms with E-state index in [-0.39, 0.29) is 24.5 Å². The summed E-state index contributed by atoms with van der Waals surface area (Å²) in [6, 6.07) is 1.46. The van der Waals surface area contributed by atoms with E-state index in [0.717, 1.165) is 0 Å². The van der Waals surface area contributed by atoms with E-state index < -0.39 is 15.6 Å². The number of sulfonamides is 1. The van der Waals surface area contributed by atoms with Crippen LogP contribution in [0.2, 0.25) is 0 Å². The molecule has 10 heteroatoms. The van der Waals surface area contributed by atoms with Gasteiger partial charge in [0.2, 0.25) is 10.0 Å². The summed E-state index contributed by atoms with van der Waals surface area (Å²) in [7, 11) is -3.26. The number of H-pyrrole nitrogens is 1. The lowest BCUT2D eigenvalue weighted by Gasteiger charge is -2.46. The normalized spacial score (nSPS) is 18.8. The van der Waals surface area contributed by atoms with Crippen molar-refractivity contribution in [2.45, 2.75) is 25.9 Å². The quantitative estimate of drug-likeness (QED) is 0.760. The Morgan fingerprint density at radius 1 is 1.41 bits per heavy atom. The lowest BCUT2D eigenvalue weighted by Crippen LogP contribution is -2.61. The number of piperazine rings is 1. The predicted molar refractivity (Wildman–Crippen MR) is 87.8 cm³/mol. The zero-order chi connectivity index (χ0) is 15.8. The van der Waals surface area contributed by atoms with Crippen LogP contribution in [0.3, 0.4) is 0 Å². The van der Waals surface area contributed by atoms with Gasteiger partial charge in [-0.15, -0.1) is 12.4 Å². The summed E-state index contributed by atoms with van der Waals surface area (Å²) in [4.78, 5) is 13.5. The molecule has 8 nitrogen and oxygen atoms in total. The van der Waals surface area contributed by atoms with E-state index in [1.165, 1.54) is 16.6 Å². The summed E-state index contributed by atoms with van der Waals surface area (Å²) >= 11 is 0. The molecule has 0 unspecified atom stereocenters. The summed E-state index contributed by atoms with van der Waals surface area (Å²) in [6.07, 6.45) is 1.21. The molecule has 0 bridgehead atoms. The fourth-order valence-electron chi connectivity index (χ4n) is 2.80. The van der Waals surface area contributed by atoms with Gasteiger partial charge in [-0.25, -0.2) is 13.5 Å². The van der Waals surface area contributed by atoms with Crippen LogP contribution in [0.4, 0.5) is 5.69 Å². The molecule has 0 aliphatic carbocycles. The fourth-order valence-corrected chi connectivity index (χ4v) is 4.17. The van der Waals surface area contributed by atoms with Gasteiger partial charge in [-0.2, -0.15) is 9.40 Å². The summed E-state index contributed by atoms with van der Waals surface area (Å²) < 4.78 is 25.2. The number of halogens is 1. The molecule has 22 heavy (non-hydrogen) atoms. The van der Waals surface area contributed by atoms with E-state index in [4.69, 9.17) is 5.73 Å². The standard InChI is InChI=1S/C12H21N5O3S.ClH/c1-12(2)8-16(4-5-17(12)21(3,19)20)10-6-11(18)15-14-9(10)7-13;/h6H,4-5,7-8,13H2,1-3H3,(H,15,18);1H. The minimum atomic E-state index is -3.26. The molecule has 1 aliphatic rings. The number of aromatic amines is 1. The fraction of sp³-hybridized carbons (Fsp3) is 0.667.